The van der Waals surface area contributed by atoms with E-state index in [4.69, 9.17) is 38.8 Å². The number of benzene rings is 4. The molecular weight excluding hydrogens is 807 g/mol. The zero-order valence-electron chi connectivity index (χ0n) is 34.2. The van der Waals surface area contributed by atoms with Gasteiger partial charge in [-0.25, -0.2) is 19.2 Å². The van der Waals surface area contributed by atoms with Crippen molar-refractivity contribution < 1.29 is 58.1 Å². The molecule has 324 valence electrons. The van der Waals surface area contributed by atoms with Crippen molar-refractivity contribution in [1.29, 1.82) is 0 Å². The van der Waals surface area contributed by atoms with Crippen molar-refractivity contribution in [3.8, 4) is 34.3 Å². The highest BCUT2D eigenvalue weighted by atomic mass is 17.1. The predicted molar refractivity (Wildman–Crippen MR) is 216 cm³/mol. The van der Waals surface area contributed by atoms with Gasteiger partial charge in [0.1, 0.15) is 18.5 Å². The Hall–Kier alpha value is -6.93. The average Bonchev–Trinajstić information content (AvgIpc) is 3.89. The maximum atomic E-state index is 13.6. The van der Waals surface area contributed by atoms with Gasteiger partial charge in [-0.1, -0.05) is 79.2 Å². The number of para-hydroxylation sites is 2. The minimum Gasteiger partial charge on any atom is -0.465 e. The van der Waals surface area contributed by atoms with Crippen LogP contribution in [0.2, 0.25) is 0 Å². The monoisotopic (exact) mass is 851 g/mol. The van der Waals surface area contributed by atoms with Crippen LogP contribution in [0.1, 0.15) is 80.6 Å². The molecule has 2 N–H and O–H groups in total. The number of hydrogen-bond donors (Lipinski definition) is 2. The summed E-state index contributed by atoms with van der Waals surface area (Å²) in [4.78, 5) is 49.1. The van der Waals surface area contributed by atoms with E-state index in [9.17, 15) is 14.4 Å². The molecule has 1 fully saturated rings. The van der Waals surface area contributed by atoms with Gasteiger partial charge >= 0.3 is 18.3 Å². The molecule has 2 heterocycles. The number of fused-ring (bicyclic) bond motifs is 1. The first-order valence-electron chi connectivity index (χ1n) is 20.0. The number of carbonyl (C=O) groups is 3. The van der Waals surface area contributed by atoms with E-state index >= 15 is 0 Å². The highest BCUT2D eigenvalue weighted by Crippen LogP contribution is 2.32. The largest absolute Gasteiger partial charge is 0.515 e. The van der Waals surface area contributed by atoms with Gasteiger partial charge in [0.05, 0.1) is 35.1 Å². The van der Waals surface area contributed by atoms with Crippen LogP contribution in [0, 0.1) is 0 Å². The second-order valence-electron chi connectivity index (χ2n) is 14.2. The lowest BCUT2D eigenvalue weighted by molar-refractivity contribution is -0.497. The number of rotatable bonds is 16. The summed E-state index contributed by atoms with van der Waals surface area (Å²) in [5, 5.41) is 30.1. The van der Waals surface area contributed by atoms with Crippen molar-refractivity contribution in [3.05, 3.63) is 108 Å². The van der Waals surface area contributed by atoms with E-state index < -0.39 is 36.2 Å². The fourth-order valence-electron chi connectivity index (χ4n) is 6.97. The van der Waals surface area contributed by atoms with Gasteiger partial charge in [-0.2, -0.15) is 4.98 Å². The molecule has 1 aliphatic carbocycles. The zero-order chi connectivity index (χ0) is 43.6. The summed E-state index contributed by atoms with van der Waals surface area (Å²) in [5.74, 6) is -0.341. The van der Waals surface area contributed by atoms with Crippen LogP contribution < -0.4 is 9.47 Å². The molecule has 0 saturated heterocycles. The average molecular weight is 852 g/mol. The first-order valence-corrected chi connectivity index (χ1v) is 20.0. The Bertz CT molecular complexity index is 2480. The third-order valence-corrected chi connectivity index (χ3v) is 9.87. The lowest BCUT2D eigenvalue weighted by atomic mass is 9.98. The van der Waals surface area contributed by atoms with Crippen LogP contribution in [0.25, 0.3) is 33.5 Å². The maximum absolute atomic E-state index is 13.6. The summed E-state index contributed by atoms with van der Waals surface area (Å²) in [6.07, 6.45) is 0.305. The Morgan fingerprint density at radius 2 is 1.58 bits per heavy atom. The Labute approximate surface area is 355 Å². The SMILES string of the molecule is CCOc1nc2cccc(C(=O)OC(C)OC(=O)OC3CCCCC3)c2n1Cc1ccc(-c2ccccc2-c2nnn(C(C)OC(=O)Oc3ccccc3CON(O)O)n2)cc1. The molecule has 2 unspecified atom stereocenters. The van der Waals surface area contributed by atoms with Crippen LogP contribution >= 0.6 is 0 Å². The summed E-state index contributed by atoms with van der Waals surface area (Å²) in [5.41, 5.74) is 4.77. The van der Waals surface area contributed by atoms with E-state index in [1.165, 1.54) is 13.0 Å². The fraction of sp³-hybridized carbons (Fsp3) is 0.326. The minimum absolute atomic E-state index is 0.0861. The first kappa shape index (κ1) is 43.2. The number of tetrazole rings is 1. The van der Waals surface area contributed by atoms with Gasteiger partial charge in [0.2, 0.25) is 18.3 Å². The van der Waals surface area contributed by atoms with E-state index in [0.29, 0.717) is 34.8 Å². The number of ether oxygens (including phenoxy) is 6. The van der Waals surface area contributed by atoms with Gasteiger partial charge in [-0.05, 0) is 79.6 Å². The van der Waals surface area contributed by atoms with Crippen LogP contribution in [-0.2, 0) is 36.9 Å². The normalized spacial score (nSPS) is 14.0. The first-order chi connectivity index (χ1) is 30.1. The van der Waals surface area contributed by atoms with Crippen LogP contribution in [0.5, 0.6) is 11.8 Å². The number of nitrogens with zero attached hydrogens (tertiary/aromatic N) is 7. The predicted octanol–water partition coefficient (Wildman–Crippen LogP) is 8.04. The Kier molecular flexibility index (Phi) is 14.0. The Morgan fingerprint density at radius 3 is 2.34 bits per heavy atom. The van der Waals surface area contributed by atoms with E-state index in [0.717, 1.165) is 53.6 Å². The lowest BCUT2D eigenvalue weighted by Crippen LogP contribution is -2.26. The minimum atomic E-state index is -1.20. The molecule has 2 atom stereocenters. The fourth-order valence-corrected chi connectivity index (χ4v) is 6.97. The van der Waals surface area contributed by atoms with E-state index in [-0.39, 0.29) is 36.4 Å². The summed E-state index contributed by atoms with van der Waals surface area (Å²) >= 11 is 0. The molecule has 0 spiro atoms. The van der Waals surface area contributed by atoms with Crippen molar-refractivity contribution in [2.75, 3.05) is 6.61 Å². The topological polar surface area (TPSA) is 221 Å². The molecule has 2 aromatic heterocycles. The van der Waals surface area contributed by atoms with Gasteiger partial charge in [-0.15, -0.1) is 15.0 Å². The molecule has 0 aliphatic heterocycles. The van der Waals surface area contributed by atoms with Gasteiger partial charge in [0.15, 0.2) is 0 Å². The number of imidazole rings is 1. The summed E-state index contributed by atoms with van der Waals surface area (Å²) in [7, 11) is 0. The standard InChI is InChI=1S/C43H45N7O12/c1-4-56-41-44-36-19-12-18-35(40(51)59-28(3)60-43(53)61-32-14-6-5-7-15-32)38(36)48(41)25-29-21-23-30(24-22-29)33-16-9-10-17-34(33)39-45-47-49(46-39)27(2)58-42(52)62-37-20-11-8-13-31(37)26-57-50(54)55/h8-13,16-24,27-28,32,54-55H,4-7,14-15,25-26H2,1-3H3. The molecular formula is C43H45N7O12. The molecule has 0 amide bonds. The highest BCUT2D eigenvalue weighted by molar-refractivity contribution is 6.02. The van der Waals surface area contributed by atoms with Crippen LogP contribution in [0.15, 0.2) is 91.0 Å². The van der Waals surface area contributed by atoms with Gasteiger partial charge in [0, 0.05) is 18.1 Å². The second kappa shape index (κ2) is 20.1. The van der Waals surface area contributed by atoms with Crippen LogP contribution in [0.3, 0.4) is 0 Å². The quantitative estimate of drug-likeness (QED) is 0.0309. The lowest BCUT2D eigenvalue weighted by Gasteiger charge is -2.22. The van der Waals surface area contributed by atoms with Gasteiger partial charge in [-0.3, -0.25) is 15.0 Å². The summed E-state index contributed by atoms with van der Waals surface area (Å²) in [6, 6.07) is 27.0. The molecule has 19 nitrogen and oxygen atoms in total. The zero-order valence-corrected chi connectivity index (χ0v) is 34.2. The second-order valence-corrected chi connectivity index (χ2v) is 14.2. The molecule has 4 aromatic carbocycles. The van der Waals surface area contributed by atoms with Crippen LogP contribution in [0.4, 0.5) is 9.59 Å². The number of aromatic nitrogens is 6. The third kappa shape index (κ3) is 10.7. The van der Waals surface area contributed by atoms with Crippen molar-refractivity contribution in [3.63, 3.8) is 0 Å². The van der Waals surface area contributed by atoms with Crippen molar-refractivity contribution in [2.45, 2.75) is 84.6 Å². The molecule has 1 aliphatic rings. The van der Waals surface area contributed by atoms with E-state index in [2.05, 4.69) is 25.2 Å². The third-order valence-electron chi connectivity index (χ3n) is 9.87. The maximum Gasteiger partial charge on any atom is 0.515 e. The molecule has 7 rings (SSSR count). The van der Waals surface area contributed by atoms with Crippen molar-refractivity contribution in [2.24, 2.45) is 0 Å². The van der Waals surface area contributed by atoms with E-state index in [1.54, 1.807) is 47.9 Å². The van der Waals surface area contributed by atoms with Gasteiger partial charge in [0.25, 0.3) is 6.01 Å². The molecule has 6 aromatic rings. The number of hydrogen-bond acceptors (Lipinski definition) is 17. The smallest absolute Gasteiger partial charge is 0.465 e. The number of carbonyl (C=O) groups excluding carboxylic acids is 3. The van der Waals surface area contributed by atoms with E-state index in [1.807, 2.05) is 55.5 Å². The van der Waals surface area contributed by atoms with Crippen molar-refractivity contribution >= 4 is 29.3 Å². The summed E-state index contributed by atoms with van der Waals surface area (Å²) in [6.45, 7) is 5.18. The molecule has 62 heavy (non-hydrogen) atoms. The number of esters is 1. The molecule has 0 bridgehead atoms. The molecule has 19 heteroatoms. The van der Waals surface area contributed by atoms with Crippen LogP contribution in [-0.4, -0.2) is 82.8 Å². The van der Waals surface area contributed by atoms with Crippen molar-refractivity contribution in [1.82, 2.24) is 35.1 Å². The molecule has 0 radical (unpaired) electrons. The van der Waals surface area contributed by atoms with Gasteiger partial charge < -0.3 is 28.4 Å². The molecule has 1 saturated carbocycles. The summed E-state index contributed by atoms with van der Waals surface area (Å²) < 4.78 is 34.7. The highest BCUT2D eigenvalue weighted by Gasteiger charge is 2.26. The Balaban J connectivity index is 1.04. The Morgan fingerprint density at radius 1 is 0.839 bits per heavy atom.